The molecule has 0 radical (unpaired) electrons. The number of aromatic nitrogens is 1. The molecule has 3 nitrogen and oxygen atoms in total. The van der Waals surface area contributed by atoms with Crippen LogP contribution in [0.15, 0.2) is 54.7 Å². The molecule has 4 rings (SSSR count). The predicted molar refractivity (Wildman–Crippen MR) is 88.1 cm³/mol. The lowest BCUT2D eigenvalue weighted by Gasteiger charge is -2.08. The first-order valence-corrected chi connectivity index (χ1v) is 7.72. The number of rotatable bonds is 3. The summed E-state index contributed by atoms with van der Waals surface area (Å²) in [5.41, 5.74) is 4.98. The van der Waals surface area contributed by atoms with Crippen LogP contribution in [0.5, 0.6) is 0 Å². The van der Waals surface area contributed by atoms with Crippen LogP contribution in [0, 0.1) is 0 Å². The predicted octanol–water partition coefficient (Wildman–Crippen LogP) is 3.17. The van der Waals surface area contributed by atoms with Crippen molar-refractivity contribution >= 4 is 16.8 Å². The minimum atomic E-state index is 0.116. The fourth-order valence-corrected chi connectivity index (χ4v) is 3.25. The number of hydrogen-bond donors (Lipinski definition) is 1. The summed E-state index contributed by atoms with van der Waals surface area (Å²) < 4.78 is 1.78. The van der Waals surface area contributed by atoms with Gasteiger partial charge in [-0.25, -0.2) is 0 Å². The summed E-state index contributed by atoms with van der Waals surface area (Å²) in [6, 6.07) is 17.1. The normalized spacial score (nSPS) is 14.3. The zero-order chi connectivity index (χ0) is 14.9. The first kappa shape index (κ1) is 13.3. The molecule has 0 atom stereocenters. The molecule has 0 saturated heterocycles. The molecule has 22 heavy (non-hydrogen) atoms. The van der Waals surface area contributed by atoms with Gasteiger partial charge in [0.2, 0.25) is 5.91 Å². The summed E-state index contributed by atoms with van der Waals surface area (Å²) in [5, 5.41) is 4.39. The number of nitrogens with zero attached hydrogens (tertiary/aromatic N) is 1. The number of hydrogen-bond acceptors (Lipinski definition) is 2. The Kier molecular flexibility index (Phi) is 3.28. The summed E-state index contributed by atoms with van der Waals surface area (Å²) in [6.07, 6.45) is 3.95. The average molecular weight is 290 g/mol. The van der Waals surface area contributed by atoms with E-state index >= 15 is 0 Å². The van der Waals surface area contributed by atoms with Crippen LogP contribution in [0.4, 0.5) is 0 Å². The third-order valence-corrected chi connectivity index (χ3v) is 4.33. The molecule has 1 aromatic heterocycles. The Bertz CT molecular complexity index is 833. The molecular weight excluding hydrogens is 272 g/mol. The number of nitrogens with one attached hydrogen (secondary N) is 1. The van der Waals surface area contributed by atoms with Gasteiger partial charge in [0.05, 0.1) is 12.1 Å². The zero-order valence-corrected chi connectivity index (χ0v) is 12.4. The number of carbonyl (C=O) groups is 1. The molecule has 3 heteroatoms. The van der Waals surface area contributed by atoms with Crippen molar-refractivity contribution in [3.8, 4) is 0 Å². The van der Waals surface area contributed by atoms with Gasteiger partial charge >= 0.3 is 0 Å². The summed E-state index contributed by atoms with van der Waals surface area (Å²) in [4.78, 5) is 12.0. The minimum absolute atomic E-state index is 0.116. The van der Waals surface area contributed by atoms with Crippen molar-refractivity contribution in [2.24, 2.45) is 0 Å². The van der Waals surface area contributed by atoms with Crippen LogP contribution < -0.4 is 5.32 Å². The maximum absolute atomic E-state index is 12.0. The number of carbonyl (C=O) groups excluding carboxylic acids is 1. The molecule has 0 unspecified atom stereocenters. The van der Waals surface area contributed by atoms with E-state index < -0.39 is 0 Å². The highest BCUT2D eigenvalue weighted by atomic mass is 16.2. The zero-order valence-electron chi connectivity index (χ0n) is 12.4. The van der Waals surface area contributed by atoms with Crippen LogP contribution in [-0.4, -0.2) is 17.0 Å². The second-order valence-electron chi connectivity index (χ2n) is 5.86. The van der Waals surface area contributed by atoms with E-state index in [1.54, 1.807) is 4.57 Å². The van der Waals surface area contributed by atoms with Crippen molar-refractivity contribution in [1.82, 2.24) is 9.88 Å². The minimum Gasteiger partial charge on any atom is -0.304 e. The van der Waals surface area contributed by atoms with E-state index in [2.05, 4.69) is 47.8 Å². The lowest BCUT2D eigenvalue weighted by atomic mass is 10.0. The standard InChI is InChI=1S/C19H18N2O/c22-18-13-20-12-17-11-15(7-6-14-4-2-1-3-5-14)10-16-8-9-21(18)19(16)17/h1-5,8-11,20H,6-7,12-13H2. The average Bonchev–Trinajstić information content (AvgIpc) is 2.90. The van der Waals surface area contributed by atoms with Crippen molar-refractivity contribution in [2.75, 3.05) is 6.54 Å². The van der Waals surface area contributed by atoms with Crippen molar-refractivity contribution in [3.63, 3.8) is 0 Å². The topological polar surface area (TPSA) is 34.0 Å². The summed E-state index contributed by atoms with van der Waals surface area (Å²) in [7, 11) is 0. The molecule has 1 aliphatic heterocycles. The Morgan fingerprint density at radius 2 is 1.77 bits per heavy atom. The third-order valence-electron chi connectivity index (χ3n) is 4.33. The fraction of sp³-hybridized carbons (Fsp3) is 0.211. The third kappa shape index (κ3) is 2.34. The maximum Gasteiger partial charge on any atom is 0.245 e. The van der Waals surface area contributed by atoms with Crippen LogP contribution in [-0.2, 0) is 19.4 Å². The summed E-state index contributed by atoms with van der Waals surface area (Å²) in [5.74, 6) is 0.116. The van der Waals surface area contributed by atoms with Gasteiger partial charge in [-0.05, 0) is 41.7 Å². The van der Waals surface area contributed by atoms with Crippen LogP contribution >= 0.6 is 0 Å². The van der Waals surface area contributed by atoms with E-state index in [1.165, 1.54) is 16.7 Å². The molecule has 2 heterocycles. The Labute approximate surface area is 129 Å². The molecule has 0 amide bonds. The van der Waals surface area contributed by atoms with E-state index in [0.717, 1.165) is 30.3 Å². The second kappa shape index (κ2) is 5.43. The van der Waals surface area contributed by atoms with Gasteiger partial charge in [0, 0.05) is 18.1 Å². The Balaban J connectivity index is 1.68. The molecule has 0 spiro atoms. The summed E-state index contributed by atoms with van der Waals surface area (Å²) in [6.45, 7) is 1.16. The van der Waals surface area contributed by atoms with E-state index in [-0.39, 0.29) is 5.91 Å². The highest BCUT2D eigenvalue weighted by Crippen LogP contribution is 2.25. The Hall–Kier alpha value is -2.39. The van der Waals surface area contributed by atoms with E-state index in [1.807, 2.05) is 12.3 Å². The summed E-state index contributed by atoms with van der Waals surface area (Å²) >= 11 is 0. The van der Waals surface area contributed by atoms with E-state index in [4.69, 9.17) is 0 Å². The molecule has 0 fully saturated rings. The lowest BCUT2D eigenvalue weighted by Crippen LogP contribution is -2.23. The smallest absolute Gasteiger partial charge is 0.245 e. The van der Waals surface area contributed by atoms with Gasteiger partial charge in [-0.3, -0.25) is 9.36 Å². The fourth-order valence-electron chi connectivity index (χ4n) is 3.25. The Morgan fingerprint density at radius 3 is 2.64 bits per heavy atom. The van der Waals surface area contributed by atoms with E-state index in [0.29, 0.717) is 6.54 Å². The van der Waals surface area contributed by atoms with Gasteiger partial charge in [-0.2, -0.15) is 0 Å². The molecule has 1 aliphatic rings. The van der Waals surface area contributed by atoms with Crippen molar-refractivity contribution in [2.45, 2.75) is 19.4 Å². The number of aryl methyl sites for hydroxylation is 2. The molecule has 0 saturated carbocycles. The SMILES string of the molecule is O=C1CNCc2cc(CCc3ccccc3)cc3ccn1c23. The molecule has 110 valence electrons. The monoisotopic (exact) mass is 290 g/mol. The molecule has 1 N–H and O–H groups in total. The van der Waals surface area contributed by atoms with Gasteiger partial charge in [0.1, 0.15) is 0 Å². The molecule has 3 aromatic rings. The Morgan fingerprint density at radius 1 is 0.955 bits per heavy atom. The lowest BCUT2D eigenvalue weighted by molar-refractivity contribution is 0.0920. The maximum atomic E-state index is 12.0. The van der Waals surface area contributed by atoms with E-state index in [9.17, 15) is 4.79 Å². The largest absolute Gasteiger partial charge is 0.304 e. The molecule has 0 bridgehead atoms. The van der Waals surface area contributed by atoms with Gasteiger partial charge in [0.15, 0.2) is 0 Å². The van der Waals surface area contributed by atoms with Crippen molar-refractivity contribution in [3.05, 3.63) is 71.4 Å². The molecule has 0 aliphatic carbocycles. The van der Waals surface area contributed by atoms with Crippen molar-refractivity contribution < 1.29 is 4.79 Å². The van der Waals surface area contributed by atoms with Gasteiger partial charge in [-0.15, -0.1) is 0 Å². The van der Waals surface area contributed by atoms with Crippen LogP contribution in [0.2, 0.25) is 0 Å². The van der Waals surface area contributed by atoms with Crippen molar-refractivity contribution in [1.29, 1.82) is 0 Å². The van der Waals surface area contributed by atoms with Crippen LogP contribution in [0.1, 0.15) is 21.5 Å². The van der Waals surface area contributed by atoms with Gasteiger partial charge < -0.3 is 5.32 Å². The number of benzene rings is 2. The molecule has 2 aromatic carbocycles. The second-order valence-corrected chi connectivity index (χ2v) is 5.86. The van der Waals surface area contributed by atoms with Crippen LogP contribution in [0.3, 0.4) is 0 Å². The highest BCUT2D eigenvalue weighted by molar-refractivity contribution is 5.96. The van der Waals surface area contributed by atoms with Crippen LogP contribution in [0.25, 0.3) is 10.9 Å². The first-order valence-electron chi connectivity index (χ1n) is 7.72. The molecular formula is C19H18N2O. The first-order chi connectivity index (χ1) is 10.8. The van der Waals surface area contributed by atoms with Gasteiger partial charge in [0.25, 0.3) is 0 Å². The highest BCUT2D eigenvalue weighted by Gasteiger charge is 2.16. The van der Waals surface area contributed by atoms with Gasteiger partial charge in [-0.1, -0.05) is 36.4 Å². The quantitative estimate of drug-likeness (QED) is 0.804.